The molecule has 4 rings (SSSR count). The second kappa shape index (κ2) is 8.14. The van der Waals surface area contributed by atoms with E-state index in [2.05, 4.69) is 20.7 Å². The molecule has 7 heteroatoms. The third-order valence-electron chi connectivity index (χ3n) is 5.27. The number of aromatic nitrogens is 5. The van der Waals surface area contributed by atoms with Crippen LogP contribution in [0.1, 0.15) is 36.1 Å². The highest BCUT2D eigenvalue weighted by Gasteiger charge is 2.26. The van der Waals surface area contributed by atoms with Crippen LogP contribution in [0.15, 0.2) is 30.6 Å². The quantitative estimate of drug-likeness (QED) is 0.628. The number of nitrogens with zero attached hydrogens (tertiary/aromatic N) is 5. The molecule has 1 aliphatic heterocycles. The number of hydrogen-bond acceptors (Lipinski definition) is 5. The van der Waals surface area contributed by atoms with Crippen LogP contribution in [0.2, 0.25) is 0 Å². The van der Waals surface area contributed by atoms with E-state index >= 15 is 0 Å². The van der Waals surface area contributed by atoms with Gasteiger partial charge in [-0.25, -0.2) is 9.97 Å². The third kappa shape index (κ3) is 3.80. The summed E-state index contributed by atoms with van der Waals surface area (Å²) < 4.78 is 15.3. The molecule has 0 N–H and O–H groups in total. The molecule has 3 heterocycles. The average molecular weight is 381 g/mol. The van der Waals surface area contributed by atoms with Crippen molar-refractivity contribution in [3.05, 3.63) is 47.9 Å². The standard InChI is InChI=1S/C21H27N5O2/c1-15-23-16(2)26(24-15)10-5-9-25-14-22-20(21(25)18-8-11-28-13-18)17-6-4-7-19(12-17)27-3/h4,6-7,12,14,18H,5,8-11,13H2,1-3H3. The zero-order valence-corrected chi connectivity index (χ0v) is 16.8. The molecule has 1 unspecified atom stereocenters. The van der Waals surface area contributed by atoms with Gasteiger partial charge in [0.05, 0.1) is 31.4 Å². The van der Waals surface area contributed by atoms with Gasteiger partial charge in [-0.15, -0.1) is 0 Å². The minimum Gasteiger partial charge on any atom is -0.497 e. The van der Waals surface area contributed by atoms with Gasteiger partial charge in [0.1, 0.15) is 17.4 Å². The summed E-state index contributed by atoms with van der Waals surface area (Å²) in [5, 5.41) is 4.46. The highest BCUT2D eigenvalue weighted by atomic mass is 16.5. The molecule has 0 spiro atoms. The summed E-state index contributed by atoms with van der Waals surface area (Å²) in [5.41, 5.74) is 3.38. The molecule has 0 saturated carbocycles. The Labute approximate surface area is 165 Å². The van der Waals surface area contributed by atoms with E-state index in [-0.39, 0.29) is 0 Å². The Kier molecular flexibility index (Phi) is 5.43. The van der Waals surface area contributed by atoms with Crippen LogP contribution in [0.5, 0.6) is 5.75 Å². The topological polar surface area (TPSA) is 67.0 Å². The van der Waals surface area contributed by atoms with E-state index in [1.807, 2.05) is 43.1 Å². The largest absolute Gasteiger partial charge is 0.497 e. The van der Waals surface area contributed by atoms with E-state index < -0.39 is 0 Å². The molecule has 148 valence electrons. The normalized spacial score (nSPS) is 16.6. The molecular formula is C21H27N5O2. The summed E-state index contributed by atoms with van der Waals surface area (Å²) in [6, 6.07) is 8.11. The van der Waals surface area contributed by atoms with Crippen molar-refractivity contribution in [3.63, 3.8) is 0 Å². The summed E-state index contributed by atoms with van der Waals surface area (Å²) in [6.45, 7) is 7.23. The molecule has 1 fully saturated rings. The van der Waals surface area contributed by atoms with Crippen molar-refractivity contribution in [2.45, 2.75) is 45.7 Å². The van der Waals surface area contributed by atoms with Crippen LogP contribution in [-0.2, 0) is 17.8 Å². The minimum atomic E-state index is 0.374. The van der Waals surface area contributed by atoms with Gasteiger partial charge in [-0.2, -0.15) is 5.10 Å². The first-order valence-electron chi connectivity index (χ1n) is 9.81. The van der Waals surface area contributed by atoms with Gasteiger partial charge in [0, 0.05) is 31.2 Å². The summed E-state index contributed by atoms with van der Waals surface area (Å²) in [4.78, 5) is 9.15. The van der Waals surface area contributed by atoms with Gasteiger partial charge in [0.2, 0.25) is 0 Å². The molecule has 2 aromatic heterocycles. The van der Waals surface area contributed by atoms with Crippen molar-refractivity contribution in [1.29, 1.82) is 0 Å². The Hall–Kier alpha value is -2.67. The minimum absolute atomic E-state index is 0.374. The fourth-order valence-corrected chi connectivity index (χ4v) is 3.90. The maximum Gasteiger partial charge on any atom is 0.147 e. The van der Waals surface area contributed by atoms with Crippen LogP contribution in [-0.4, -0.2) is 44.6 Å². The highest BCUT2D eigenvalue weighted by molar-refractivity contribution is 5.64. The SMILES string of the molecule is COc1cccc(-c2ncn(CCCn3nc(C)nc3C)c2C2CCOC2)c1. The molecule has 28 heavy (non-hydrogen) atoms. The van der Waals surface area contributed by atoms with E-state index in [0.29, 0.717) is 5.92 Å². The molecule has 0 bridgehead atoms. The van der Waals surface area contributed by atoms with E-state index in [1.165, 1.54) is 5.69 Å². The molecule has 1 aromatic carbocycles. The first-order valence-corrected chi connectivity index (χ1v) is 9.81. The summed E-state index contributed by atoms with van der Waals surface area (Å²) >= 11 is 0. The Morgan fingerprint density at radius 2 is 2.14 bits per heavy atom. The lowest BCUT2D eigenvalue weighted by Gasteiger charge is -2.15. The number of benzene rings is 1. The molecule has 3 aromatic rings. The lowest BCUT2D eigenvalue weighted by atomic mass is 9.99. The van der Waals surface area contributed by atoms with Crippen molar-refractivity contribution in [1.82, 2.24) is 24.3 Å². The Morgan fingerprint density at radius 3 is 2.86 bits per heavy atom. The molecule has 0 aliphatic carbocycles. The zero-order chi connectivity index (χ0) is 19.5. The van der Waals surface area contributed by atoms with Crippen LogP contribution in [0.4, 0.5) is 0 Å². The van der Waals surface area contributed by atoms with E-state index in [1.54, 1.807) is 7.11 Å². The van der Waals surface area contributed by atoms with Gasteiger partial charge < -0.3 is 14.0 Å². The summed E-state index contributed by atoms with van der Waals surface area (Å²) in [6.07, 6.45) is 3.96. The van der Waals surface area contributed by atoms with Crippen molar-refractivity contribution in [2.24, 2.45) is 0 Å². The first-order chi connectivity index (χ1) is 13.7. The van der Waals surface area contributed by atoms with Gasteiger partial charge in [-0.3, -0.25) is 4.68 Å². The zero-order valence-electron chi connectivity index (χ0n) is 16.8. The van der Waals surface area contributed by atoms with Gasteiger partial charge >= 0.3 is 0 Å². The van der Waals surface area contributed by atoms with Crippen molar-refractivity contribution in [3.8, 4) is 17.0 Å². The number of aryl methyl sites for hydroxylation is 4. The van der Waals surface area contributed by atoms with Crippen LogP contribution in [0.3, 0.4) is 0 Å². The lowest BCUT2D eigenvalue weighted by molar-refractivity contribution is 0.193. The smallest absolute Gasteiger partial charge is 0.147 e. The van der Waals surface area contributed by atoms with Crippen molar-refractivity contribution in [2.75, 3.05) is 20.3 Å². The van der Waals surface area contributed by atoms with Crippen LogP contribution >= 0.6 is 0 Å². The molecule has 7 nitrogen and oxygen atoms in total. The van der Waals surface area contributed by atoms with Gasteiger partial charge in [-0.1, -0.05) is 12.1 Å². The van der Waals surface area contributed by atoms with Gasteiger partial charge in [-0.05, 0) is 38.8 Å². The van der Waals surface area contributed by atoms with E-state index in [0.717, 1.165) is 67.8 Å². The highest BCUT2D eigenvalue weighted by Crippen LogP contribution is 2.34. The molecule has 0 amide bonds. The van der Waals surface area contributed by atoms with Crippen molar-refractivity contribution < 1.29 is 9.47 Å². The molecule has 0 radical (unpaired) electrons. The van der Waals surface area contributed by atoms with E-state index in [9.17, 15) is 0 Å². The van der Waals surface area contributed by atoms with Crippen LogP contribution < -0.4 is 4.74 Å². The van der Waals surface area contributed by atoms with Gasteiger partial charge in [0.15, 0.2) is 0 Å². The second-order valence-corrected chi connectivity index (χ2v) is 7.25. The predicted octanol–water partition coefficient (Wildman–Crippen LogP) is 3.36. The van der Waals surface area contributed by atoms with E-state index in [4.69, 9.17) is 14.5 Å². The summed E-state index contributed by atoms with van der Waals surface area (Å²) in [7, 11) is 1.69. The third-order valence-corrected chi connectivity index (χ3v) is 5.27. The number of ether oxygens (including phenoxy) is 2. The first kappa shape index (κ1) is 18.7. The maximum atomic E-state index is 5.68. The average Bonchev–Trinajstić information content (AvgIpc) is 3.42. The fourth-order valence-electron chi connectivity index (χ4n) is 3.90. The Balaban J connectivity index is 1.58. The molecule has 1 aliphatic rings. The molecule has 1 atom stereocenters. The fraction of sp³-hybridized carbons (Fsp3) is 0.476. The van der Waals surface area contributed by atoms with Crippen LogP contribution in [0, 0.1) is 13.8 Å². The lowest BCUT2D eigenvalue weighted by Crippen LogP contribution is -2.11. The number of hydrogen-bond donors (Lipinski definition) is 0. The predicted molar refractivity (Wildman–Crippen MR) is 107 cm³/mol. The monoisotopic (exact) mass is 381 g/mol. The summed E-state index contributed by atoms with van der Waals surface area (Å²) in [5.74, 6) is 3.01. The second-order valence-electron chi connectivity index (χ2n) is 7.25. The Morgan fingerprint density at radius 1 is 1.25 bits per heavy atom. The molecule has 1 saturated heterocycles. The number of imidazole rings is 1. The van der Waals surface area contributed by atoms with Gasteiger partial charge in [0.25, 0.3) is 0 Å². The number of methoxy groups -OCH3 is 1. The maximum absolute atomic E-state index is 5.68. The number of rotatable bonds is 7. The Bertz CT molecular complexity index is 940. The van der Waals surface area contributed by atoms with Crippen molar-refractivity contribution >= 4 is 0 Å². The van der Waals surface area contributed by atoms with Crippen LogP contribution in [0.25, 0.3) is 11.3 Å². The molecular weight excluding hydrogens is 354 g/mol.